The molecule has 1 N–H and O–H groups in total. The Balaban J connectivity index is 1.54. The van der Waals surface area contributed by atoms with Gasteiger partial charge in [-0.15, -0.1) is 11.8 Å². The maximum Gasteiger partial charge on any atom is 0.240 e. The zero-order valence-electron chi connectivity index (χ0n) is 22.6. The van der Waals surface area contributed by atoms with E-state index in [1.54, 1.807) is 42.6 Å². The number of halogens is 3. The molecule has 6 rings (SSSR count). The number of carbonyl (C=O) groups excluding carboxylic acids is 2. The van der Waals surface area contributed by atoms with Crippen LogP contribution in [0.2, 0.25) is 5.02 Å². The van der Waals surface area contributed by atoms with E-state index < -0.39 is 22.8 Å². The molecule has 5 aromatic rings. The molecule has 2 amide bonds. The summed E-state index contributed by atoms with van der Waals surface area (Å²) in [5.74, 6) is -2.05. The Labute approximate surface area is 255 Å². The number of anilines is 1. The SMILES string of the molecule is O=C(CN1C(=O)CSC(c2ccc(F)cc2F)c2c(-c3ccccc3)nn(-c3ccccc3Cl)c21)NCc1ccccn1. The number of pyridine rings is 1. The second kappa shape index (κ2) is 12.4. The van der Waals surface area contributed by atoms with E-state index in [-0.39, 0.29) is 36.1 Å². The molecule has 2 aromatic heterocycles. The van der Waals surface area contributed by atoms with Crippen molar-refractivity contribution < 1.29 is 18.4 Å². The molecule has 0 bridgehead atoms. The minimum absolute atomic E-state index is 0.0690. The number of benzene rings is 3. The molecule has 0 spiro atoms. The molecule has 7 nitrogen and oxygen atoms in total. The van der Waals surface area contributed by atoms with Crippen LogP contribution in [0, 0.1) is 11.6 Å². The summed E-state index contributed by atoms with van der Waals surface area (Å²) in [5.41, 5.74) is 3.02. The van der Waals surface area contributed by atoms with Gasteiger partial charge in [0.1, 0.15) is 24.0 Å². The van der Waals surface area contributed by atoms with Crippen LogP contribution in [0.5, 0.6) is 0 Å². The normalized spacial score (nSPS) is 14.7. The second-order valence-electron chi connectivity index (χ2n) is 9.75. The molecule has 43 heavy (non-hydrogen) atoms. The lowest BCUT2D eigenvalue weighted by Crippen LogP contribution is -2.42. The lowest BCUT2D eigenvalue weighted by Gasteiger charge is -2.23. The smallest absolute Gasteiger partial charge is 0.240 e. The predicted octanol–water partition coefficient (Wildman–Crippen LogP) is 6.35. The van der Waals surface area contributed by atoms with E-state index in [4.69, 9.17) is 16.7 Å². The molecule has 0 radical (unpaired) electrons. The van der Waals surface area contributed by atoms with Crippen molar-refractivity contribution in [2.24, 2.45) is 0 Å². The maximum atomic E-state index is 15.4. The minimum atomic E-state index is -0.757. The third-order valence-electron chi connectivity index (χ3n) is 6.96. The number of aromatic nitrogens is 3. The van der Waals surface area contributed by atoms with Crippen molar-refractivity contribution in [3.8, 4) is 16.9 Å². The quantitative estimate of drug-likeness (QED) is 0.231. The Hall–Kier alpha value is -4.54. The fourth-order valence-electron chi connectivity index (χ4n) is 4.97. The van der Waals surface area contributed by atoms with Gasteiger partial charge in [0, 0.05) is 29.0 Å². The molecule has 0 aliphatic carbocycles. The fraction of sp³-hybridized carbons (Fsp3) is 0.125. The number of nitrogens with one attached hydrogen (secondary N) is 1. The zero-order valence-corrected chi connectivity index (χ0v) is 24.2. The van der Waals surface area contributed by atoms with Crippen molar-refractivity contribution in [2.45, 2.75) is 11.8 Å². The van der Waals surface area contributed by atoms with E-state index in [1.807, 2.05) is 36.4 Å². The Kier molecular flexibility index (Phi) is 8.22. The van der Waals surface area contributed by atoms with Crippen molar-refractivity contribution in [3.05, 3.63) is 131 Å². The maximum absolute atomic E-state index is 15.4. The van der Waals surface area contributed by atoms with Crippen LogP contribution in [0.15, 0.2) is 97.2 Å². The fourth-order valence-corrected chi connectivity index (χ4v) is 6.41. The number of nitrogens with zero attached hydrogens (tertiary/aromatic N) is 4. The van der Waals surface area contributed by atoms with Gasteiger partial charge in [-0.1, -0.05) is 66.2 Å². The van der Waals surface area contributed by atoms with Crippen LogP contribution in [-0.2, 0) is 16.1 Å². The first-order valence-corrected chi connectivity index (χ1v) is 14.8. The van der Waals surface area contributed by atoms with Gasteiger partial charge < -0.3 is 5.32 Å². The average molecular weight is 616 g/mol. The van der Waals surface area contributed by atoms with Gasteiger partial charge in [0.15, 0.2) is 0 Å². The highest BCUT2D eigenvalue weighted by Crippen LogP contribution is 2.49. The molecule has 1 aliphatic rings. The third-order valence-corrected chi connectivity index (χ3v) is 8.51. The van der Waals surface area contributed by atoms with Gasteiger partial charge in [-0.2, -0.15) is 5.10 Å². The van der Waals surface area contributed by atoms with Crippen molar-refractivity contribution >= 4 is 41.0 Å². The van der Waals surface area contributed by atoms with Gasteiger partial charge >= 0.3 is 0 Å². The van der Waals surface area contributed by atoms with Crippen LogP contribution >= 0.6 is 23.4 Å². The first kappa shape index (κ1) is 28.6. The summed E-state index contributed by atoms with van der Waals surface area (Å²) in [6, 6.07) is 25.1. The summed E-state index contributed by atoms with van der Waals surface area (Å²) in [5, 5.41) is 7.36. The van der Waals surface area contributed by atoms with Gasteiger partial charge in [-0.3, -0.25) is 19.5 Å². The Bertz CT molecular complexity index is 1800. The summed E-state index contributed by atoms with van der Waals surface area (Å²) >= 11 is 7.83. The summed E-state index contributed by atoms with van der Waals surface area (Å²) in [6.07, 6.45) is 1.63. The van der Waals surface area contributed by atoms with Gasteiger partial charge in [-0.25, -0.2) is 13.5 Å². The van der Waals surface area contributed by atoms with Crippen LogP contribution in [-0.4, -0.2) is 38.9 Å². The van der Waals surface area contributed by atoms with Gasteiger partial charge in [0.05, 0.1) is 39.6 Å². The highest BCUT2D eigenvalue weighted by Gasteiger charge is 2.38. The molecule has 0 fully saturated rings. The average Bonchev–Trinajstić information content (AvgIpc) is 3.34. The number of amides is 2. The van der Waals surface area contributed by atoms with E-state index >= 15 is 4.39 Å². The van der Waals surface area contributed by atoms with Crippen molar-refractivity contribution in [3.63, 3.8) is 0 Å². The summed E-state index contributed by atoms with van der Waals surface area (Å²) < 4.78 is 30.9. The summed E-state index contributed by atoms with van der Waals surface area (Å²) in [6.45, 7) is -0.159. The first-order chi connectivity index (χ1) is 20.9. The molecular weight excluding hydrogens is 592 g/mol. The highest BCUT2D eigenvalue weighted by atomic mass is 35.5. The zero-order chi connectivity index (χ0) is 29.9. The molecule has 1 unspecified atom stereocenters. The molecule has 1 aliphatic heterocycles. The van der Waals surface area contributed by atoms with Crippen LogP contribution in [0.25, 0.3) is 16.9 Å². The number of hydrogen-bond acceptors (Lipinski definition) is 5. The summed E-state index contributed by atoms with van der Waals surface area (Å²) in [7, 11) is 0. The Morgan fingerprint density at radius 2 is 1.77 bits per heavy atom. The number of para-hydroxylation sites is 1. The molecule has 0 saturated heterocycles. The molecule has 1 atom stereocenters. The van der Waals surface area contributed by atoms with Gasteiger partial charge in [-0.05, 0) is 30.3 Å². The lowest BCUT2D eigenvalue weighted by molar-refractivity contribution is -0.123. The minimum Gasteiger partial charge on any atom is -0.349 e. The van der Waals surface area contributed by atoms with Crippen molar-refractivity contribution in [2.75, 3.05) is 17.2 Å². The monoisotopic (exact) mass is 615 g/mol. The Morgan fingerprint density at radius 1 is 1.00 bits per heavy atom. The largest absolute Gasteiger partial charge is 0.349 e. The molecule has 216 valence electrons. The van der Waals surface area contributed by atoms with E-state index in [9.17, 15) is 14.0 Å². The number of thioether (sulfide) groups is 1. The molecular formula is C32H24ClF2N5O2S. The first-order valence-electron chi connectivity index (χ1n) is 13.4. The van der Waals surface area contributed by atoms with E-state index in [0.29, 0.717) is 33.2 Å². The summed E-state index contributed by atoms with van der Waals surface area (Å²) in [4.78, 5) is 32.7. The van der Waals surface area contributed by atoms with Crippen LogP contribution in [0.4, 0.5) is 14.6 Å². The van der Waals surface area contributed by atoms with Crippen LogP contribution in [0.1, 0.15) is 22.1 Å². The number of carbonyl (C=O) groups is 2. The molecule has 0 saturated carbocycles. The van der Waals surface area contributed by atoms with E-state index in [1.165, 1.54) is 33.5 Å². The van der Waals surface area contributed by atoms with Crippen molar-refractivity contribution in [1.82, 2.24) is 20.1 Å². The topological polar surface area (TPSA) is 80.1 Å². The second-order valence-corrected chi connectivity index (χ2v) is 11.3. The third kappa shape index (κ3) is 5.89. The van der Waals surface area contributed by atoms with E-state index in [2.05, 4.69) is 10.3 Å². The number of hydrogen-bond donors (Lipinski definition) is 1. The van der Waals surface area contributed by atoms with E-state index in [0.717, 1.165) is 6.07 Å². The van der Waals surface area contributed by atoms with Gasteiger partial charge in [0.25, 0.3) is 0 Å². The Morgan fingerprint density at radius 3 is 2.51 bits per heavy atom. The van der Waals surface area contributed by atoms with Gasteiger partial charge in [0.2, 0.25) is 11.8 Å². The van der Waals surface area contributed by atoms with Crippen LogP contribution < -0.4 is 10.2 Å². The van der Waals surface area contributed by atoms with Crippen LogP contribution in [0.3, 0.4) is 0 Å². The number of rotatable bonds is 7. The molecule has 11 heteroatoms. The lowest BCUT2D eigenvalue weighted by atomic mass is 9.99. The number of fused-ring (bicyclic) bond motifs is 1. The highest BCUT2D eigenvalue weighted by molar-refractivity contribution is 8.00. The molecule has 3 aromatic carbocycles. The van der Waals surface area contributed by atoms with Crippen molar-refractivity contribution in [1.29, 1.82) is 0 Å². The standard InChI is InChI=1S/C32H24ClF2N5O2S/c33-24-11-4-5-12-26(24)40-32-29(30(38-40)20-8-2-1-3-9-20)31(23-14-13-21(34)16-25(23)35)43-19-28(42)39(32)18-27(41)37-17-22-10-6-7-15-36-22/h1-16,31H,17-19H2,(H,37,41). The molecule has 3 heterocycles. The predicted molar refractivity (Wildman–Crippen MR) is 163 cm³/mol.